The Morgan fingerprint density at radius 3 is 2.67 bits per heavy atom. The Morgan fingerprint density at radius 2 is 1.79 bits per heavy atom. The minimum Gasteiger partial charge on any atom is -0.329 e. The van der Waals surface area contributed by atoms with Gasteiger partial charge < -0.3 is 10.6 Å². The maximum atomic E-state index is 13.3. The van der Waals surface area contributed by atoms with Crippen LogP contribution in [0.25, 0.3) is 21.0 Å². The van der Waals surface area contributed by atoms with E-state index in [0.717, 1.165) is 49.4 Å². The van der Waals surface area contributed by atoms with Gasteiger partial charge in [-0.2, -0.15) is 0 Å². The Hall–Kier alpha value is -3.51. The molecule has 33 heavy (non-hydrogen) atoms. The number of carbonyl (C=O) groups is 1. The van der Waals surface area contributed by atoms with Gasteiger partial charge in [-0.25, -0.2) is 9.98 Å². The Balaban J connectivity index is 1.47. The number of hydrogen-bond acceptors (Lipinski definition) is 6. The first kappa shape index (κ1) is 20.1. The van der Waals surface area contributed by atoms with Crippen molar-refractivity contribution in [1.82, 2.24) is 10.3 Å². The minimum atomic E-state index is -0.354. The second-order valence-electron chi connectivity index (χ2n) is 9.52. The van der Waals surface area contributed by atoms with Crippen molar-refractivity contribution in [1.29, 1.82) is 0 Å². The van der Waals surface area contributed by atoms with Crippen LogP contribution in [0.5, 0.6) is 0 Å². The molecule has 0 radical (unpaired) electrons. The molecule has 2 aliphatic rings. The molecular weight excluding hydrogens is 428 g/mol. The lowest BCUT2D eigenvalue weighted by atomic mass is 9.73. The summed E-state index contributed by atoms with van der Waals surface area (Å²) in [6.45, 7) is 4.30. The zero-order valence-electron chi connectivity index (χ0n) is 18.6. The van der Waals surface area contributed by atoms with Gasteiger partial charge in [0.2, 0.25) is 5.96 Å². The molecule has 0 amide bonds. The van der Waals surface area contributed by atoms with Crippen LogP contribution in [0, 0.1) is 5.41 Å². The second kappa shape index (κ2) is 7.52. The van der Waals surface area contributed by atoms with Gasteiger partial charge in [0, 0.05) is 17.7 Å². The fourth-order valence-corrected chi connectivity index (χ4v) is 5.80. The number of rotatable bonds is 2. The van der Waals surface area contributed by atoms with E-state index in [1.54, 1.807) is 11.3 Å². The third-order valence-corrected chi connectivity index (χ3v) is 7.31. The molecule has 0 saturated heterocycles. The average Bonchev–Trinajstić information content (AvgIpc) is 3.19. The highest BCUT2D eigenvalue weighted by molar-refractivity contribution is 7.22. The van der Waals surface area contributed by atoms with E-state index in [-0.39, 0.29) is 17.2 Å². The van der Waals surface area contributed by atoms with Gasteiger partial charge in [0.25, 0.3) is 0 Å². The SMILES string of the molecule is CC1(C)CC(=O)C2=C(C1)NC(Nc1nc3ccccc3s1)=NC2c1cccc2ccccc12. The van der Waals surface area contributed by atoms with Crippen LogP contribution in [0.1, 0.15) is 38.3 Å². The van der Waals surface area contributed by atoms with Crippen LogP contribution in [-0.4, -0.2) is 16.7 Å². The van der Waals surface area contributed by atoms with Crippen molar-refractivity contribution in [2.24, 2.45) is 10.4 Å². The number of fused-ring (bicyclic) bond motifs is 2. The number of hydrogen-bond donors (Lipinski definition) is 2. The number of anilines is 1. The fourth-order valence-electron chi connectivity index (χ4n) is 4.94. The largest absolute Gasteiger partial charge is 0.329 e. The molecule has 164 valence electrons. The summed E-state index contributed by atoms with van der Waals surface area (Å²) in [5.41, 5.74) is 3.68. The van der Waals surface area contributed by atoms with E-state index in [2.05, 4.69) is 54.8 Å². The summed E-state index contributed by atoms with van der Waals surface area (Å²) in [7, 11) is 0. The molecule has 3 aromatic carbocycles. The zero-order valence-corrected chi connectivity index (χ0v) is 19.4. The van der Waals surface area contributed by atoms with E-state index in [9.17, 15) is 4.79 Å². The maximum absolute atomic E-state index is 13.3. The molecular formula is C27H24N4OS. The maximum Gasteiger partial charge on any atom is 0.202 e. The number of ketones is 1. The first-order chi connectivity index (χ1) is 16.0. The normalized spacial score (nSPS) is 19.9. The monoisotopic (exact) mass is 452 g/mol. The lowest BCUT2D eigenvalue weighted by molar-refractivity contribution is -0.118. The number of nitrogens with zero attached hydrogens (tertiary/aromatic N) is 2. The molecule has 1 atom stereocenters. The number of thiazole rings is 1. The van der Waals surface area contributed by atoms with Crippen LogP contribution in [0.15, 0.2) is 83.0 Å². The summed E-state index contributed by atoms with van der Waals surface area (Å²) < 4.78 is 1.12. The number of carbonyl (C=O) groups excluding carboxylic acids is 1. The highest BCUT2D eigenvalue weighted by Gasteiger charge is 2.39. The van der Waals surface area contributed by atoms with Crippen molar-refractivity contribution in [2.45, 2.75) is 32.7 Å². The minimum absolute atomic E-state index is 0.0927. The van der Waals surface area contributed by atoms with E-state index >= 15 is 0 Å². The summed E-state index contributed by atoms with van der Waals surface area (Å²) >= 11 is 1.59. The van der Waals surface area contributed by atoms with E-state index in [1.165, 1.54) is 0 Å². The standard InChI is InChI=1S/C27H24N4OS/c1-27(2)14-20-23(21(32)15-27)24(18-11-7-9-16-8-3-4-10-17(16)18)30-25(28-20)31-26-29-19-12-5-6-13-22(19)33-26/h3-13,24H,14-15H2,1-2H3,(H2,28,29,30,31). The number of aromatic nitrogens is 1. The van der Waals surface area contributed by atoms with Crippen LogP contribution < -0.4 is 10.6 Å². The third-order valence-electron chi connectivity index (χ3n) is 6.36. The van der Waals surface area contributed by atoms with E-state index < -0.39 is 0 Å². The number of nitrogens with one attached hydrogen (secondary N) is 2. The van der Waals surface area contributed by atoms with Gasteiger partial charge in [0.1, 0.15) is 6.04 Å². The van der Waals surface area contributed by atoms with Gasteiger partial charge in [-0.1, -0.05) is 79.8 Å². The molecule has 6 rings (SSSR count). The summed E-state index contributed by atoms with van der Waals surface area (Å²) in [6.07, 6.45) is 1.33. The van der Waals surface area contributed by atoms with Gasteiger partial charge in [0.05, 0.1) is 10.2 Å². The summed E-state index contributed by atoms with van der Waals surface area (Å²) in [6, 6.07) is 22.3. The van der Waals surface area contributed by atoms with Crippen molar-refractivity contribution in [3.63, 3.8) is 0 Å². The number of benzene rings is 3. The molecule has 2 heterocycles. The van der Waals surface area contributed by atoms with Crippen molar-refractivity contribution >= 4 is 49.2 Å². The van der Waals surface area contributed by atoms with Crippen molar-refractivity contribution in [2.75, 3.05) is 5.32 Å². The molecule has 1 unspecified atom stereocenters. The summed E-state index contributed by atoms with van der Waals surface area (Å²) in [5, 5.41) is 9.90. The van der Waals surface area contributed by atoms with Gasteiger partial charge in [-0.05, 0) is 40.3 Å². The van der Waals surface area contributed by atoms with Gasteiger partial charge in [-0.15, -0.1) is 0 Å². The van der Waals surface area contributed by atoms with Crippen molar-refractivity contribution in [3.8, 4) is 0 Å². The van der Waals surface area contributed by atoms with Gasteiger partial charge in [-0.3, -0.25) is 4.79 Å². The number of Topliss-reactive ketones (excluding diaryl/α,β-unsaturated/α-hetero) is 1. The molecule has 1 aliphatic carbocycles. The predicted molar refractivity (Wildman–Crippen MR) is 136 cm³/mol. The lowest BCUT2D eigenvalue weighted by Crippen LogP contribution is -2.41. The highest BCUT2D eigenvalue weighted by atomic mass is 32.1. The summed E-state index contributed by atoms with van der Waals surface area (Å²) in [4.78, 5) is 23.1. The van der Waals surface area contributed by atoms with E-state index in [0.29, 0.717) is 12.4 Å². The Bertz CT molecular complexity index is 1440. The molecule has 0 spiro atoms. The number of allylic oxidation sites excluding steroid dienone is 1. The Kier molecular flexibility index (Phi) is 4.59. The molecule has 1 aromatic heterocycles. The molecule has 0 saturated carbocycles. The van der Waals surface area contributed by atoms with Gasteiger partial charge in [0.15, 0.2) is 10.9 Å². The average molecular weight is 453 g/mol. The zero-order chi connectivity index (χ0) is 22.6. The van der Waals surface area contributed by atoms with Gasteiger partial charge >= 0.3 is 0 Å². The van der Waals surface area contributed by atoms with E-state index in [1.807, 2.05) is 36.4 Å². The van der Waals surface area contributed by atoms with Crippen molar-refractivity contribution < 1.29 is 4.79 Å². The number of para-hydroxylation sites is 1. The quantitative estimate of drug-likeness (QED) is 0.380. The smallest absolute Gasteiger partial charge is 0.202 e. The molecule has 5 nitrogen and oxygen atoms in total. The molecule has 1 aliphatic heterocycles. The fraction of sp³-hybridized carbons (Fsp3) is 0.222. The third kappa shape index (κ3) is 3.60. The molecule has 0 bridgehead atoms. The van der Waals surface area contributed by atoms with Crippen LogP contribution in [0.3, 0.4) is 0 Å². The molecule has 6 heteroatoms. The van der Waals surface area contributed by atoms with E-state index in [4.69, 9.17) is 9.98 Å². The topological polar surface area (TPSA) is 66.4 Å². The van der Waals surface area contributed by atoms with Crippen LogP contribution in [-0.2, 0) is 4.79 Å². The lowest BCUT2D eigenvalue weighted by Gasteiger charge is -2.37. The molecule has 2 N–H and O–H groups in total. The Morgan fingerprint density at radius 1 is 1.00 bits per heavy atom. The van der Waals surface area contributed by atoms with Crippen LogP contribution >= 0.6 is 11.3 Å². The second-order valence-corrected chi connectivity index (χ2v) is 10.5. The predicted octanol–water partition coefficient (Wildman–Crippen LogP) is 6.21. The van der Waals surface area contributed by atoms with Crippen LogP contribution in [0.2, 0.25) is 0 Å². The molecule has 4 aromatic rings. The van der Waals surface area contributed by atoms with Crippen LogP contribution in [0.4, 0.5) is 5.13 Å². The first-order valence-corrected chi connectivity index (χ1v) is 12.0. The summed E-state index contributed by atoms with van der Waals surface area (Å²) in [5.74, 6) is 0.811. The number of guanidine groups is 1. The first-order valence-electron chi connectivity index (χ1n) is 11.2. The van der Waals surface area contributed by atoms with Crippen molar-refractivity contribution in [3.05, 3.63) is 83.6 Å². The highest BCUT2D eigenvalue weighted by Crippen LogP contribution is 2.44. The number of aliphatic imine (C=N–C) groups is 1. The molecule has 0 fully saturated rings. The Labute approximate surface area is 196 Å².